The van der Waals surface area contributed by atoms with Crippen LogP contribution in [0.5, 0.6) is 0 Å². The summed E-state index contributed by atoms with van der Waals surface area (Å²) in [7, 11) is -11.6. The van der Waals surface area contributed by atoms with Gasteiger partial charge >= 0.3 is 0 Å². The predicted octanol–water partition coefficient (Wildman–Crippen LogP) is 2.31. The van der Waals surface area contributed by atoms with Crippen molar-refractivity contribution in [3.8, 4) is 0 Å². The maximum Gasteiger partial charge on any atom is 0.264 e. The Morgan fingerprint density at radius 1 is 0.756 bits per heavy atom. The molecule has 4 rings (SSSR count). The largest absolute Gasteiger partial charge is 0.394 e. The lowest BCUT2D eigenvalue weighted by Crippen LogP contribution is -2.72. The van der Waals surface area contributed by atoms with Crippen molar-refractivity contribution < 1.29 is 49.3 Å². The molecular formula is C31H46O11S2Si. The van der Waals surface area contributed by atoms with Crippen LogP contribution in [0, 0.1) is 0 Å². The third kappa shape index (κ3) is 8.60. The molecule has 0 spiro atoms. The normalized spacial score (nSPS) is 26.5. The molecule has 0 bridgehead atoms. The number of hydrogen-bond acceptors (Lipinski definition) is 11. The first-order valence-electron chi connectivity index (χ1n) is 15.1. The van der Waals surface area contributed by atoms with Crippen molar-refractivity contribution in [3.63, 3.8) is 0 Å². The highest BCUT2D eigenvalue weighted by molar-refractivity contribution is 7.86. The maximum atomic E-state index is 13.2. The Balaban J connectivity index is 2.01. The van der Waals surface area contributed by atoms with E-state index < -0.39 is 82.7 Å². The Morgan fingerprint density at radius 2 is 1.22 bits per heavy atom. The van der Waals surface area contributed by atoms with Crippen molar-refractivity contribution in [1.82, 2.24) is 0 Å². The molecule has 252 valence electrons. The molecule has 14 heteroatoms. The van der Waals surface area contributed by atoms with Gasteiger partial charge in [0.15, 0.2) is 19.6 Å². The molecule has 2 aromatic carbocycles. The summed E-state index contributed by atoms with van der Waals surface area (Å²) in [4.78, 5) is 0. The predicted molar refractivity (Wildman–Crippen MR) is 172 cm³/mol. The summed E-state index contributed by atoms with van der Waals surface area (Å²) in [5, 5.41) is 12.1. The van der Waals surface area contributed by atoms with E-state index >= 15 is 0 Å². The van der Waals surface area contributed by atoms with Gasteiger partial charge in [0, 0.05) is 0 Å². The molecule has 2 aliphatic rings. The third-order valence-corrected chi connectivity index (χ3v) is 14.7. The first kappa shape index (κ1) is 36.1. The second-order valence-corrected chi connectivity index (χ2v) is 20.0. The van der Waals surface area contributed by atoms with Gasteiger partial charge in [0.2, 0.25) is 0 Å². The zero-order valence-electron chi connectivity index (χ0n) is 26.9. The van der Waals surface area contributed by atoms with Crippen molar-refractivity contribution in [3.05, 3.63) is 60.7 Å². The summed E-state index contributed by atoms with van der Waals surface area (Å²) in [5.41, 5.74) is -1.14. The van der Waals surface area contributed by atoms with Crippen LogP contribution in [0.4, 0.5) is 0 Å². The van der Waals surface area contributed by atoms with Crippen LogP contribution in [-0.2, 0) is 47.5 Å². The first-order valence-corrected chi connectivity index (χ1v) is 21.0. The average Bonchev–Trinajstić information content (AvgIpc) is 3.45. The molecular weight excluding hydrogens is 641 g/mol. The first-order chi connectivity index (χ1) is 20.9. The standard InChI is InChI=1S/C31H46O11S2Si/c1-8-9-20-45(22-16-12-10-13-17-22,23-18-14-11-15-19-23)29(42-44(7,35)36)28-26(39-31(4,5)40-28)27(41-43(6,33)34)25-24(21-32)37-30(2,3)38-25/h10-19,24-29,32H,8-9,20-21H2,1-7H3/t24-,25+,26+,27-,28+,29?/m0/s1. The number of benzene rings is 2. The molecule has 45 heavy (non-hydrogen) atoms. The number of hydrogen-bond donors (Lipinski definition) is 1. The van der Waals surface area contributed by atoms with E-state index in [4.69, 9.17) is 27.3 Å². The molecule has 11 nitrogen and oxygen atoms in total. The SMILES string of the molecule is CCCC[Si](c1ccccc1)(c1ccccc1)C(OS(C)(=O)=O)[C@@H]1OC(C)(C)O[C@@H]1[C@@H](OS(C)(=O)=O)[C@@H]1OC(C)(C)O[C@H]1CO. The molecule has 2 aromatic rings. The van der Waals surface area contributed by atoms with Crippen LogP contribution in [0.15, 0.2) is 60.7 Å². The second-order valence-electron chi connectivity index (χ2n) is 12.7. The van der Waals surface area contributed by atoms with Gasteiger partial charge in [-0.25, -0.2) is 0 Å². The number of ether oxygens (including phenoxy) is 4. The Kier molecular flexibility index (Phi) is 11.1. The summed E-state index contributed by atoms with van der Waals surface area (Å²) in [6.45, 7) is 8.18. The fourth-order valence-corrected chi connectivity index (χ4v) is 14.0. The van der Waals surface area contributed by atoms with Crippen LogP contribution >= 0.6 is 0 Å². The molecule has 0 aliphatic carbocycles. The van der Waals surface area contributed by atoms with Gasteiger partial charge in [-0.2, -0.15) is 16.8 Å². The zero-order valence-corrected chi connectivity index (χ0v) is 29.5. The highest BCUT2D eigenvalue weighted by Gasteiger charge is 2.61. The minimum absolute atomic E-state index is 0.494. The van der Waals surface area contributed by atoms with E-state index in [0.29, 0.717) is 6.04 Å². The van der Waals surface area contributed by atoms with Gasteiger partial charge in [-0.05, 0) is 33.7 Å². The topological polar surface area (TPSA) is 144 Å². The quantitative estimate of drug-likeness (QED) is 0.231. The van der Waals surface area contributed by atoms with Crippen molar-refractivity contribution >= 4 is 38.7 Å². The number of rotatable bonds is 14. The van der Waals surface area contributed by atoms with Gasteiger partial charge in [0.05, 0.1) is 19.1 Å². The fourth-order valence-electron chi connectivity index (χ4n) is 6.54. The summed E-state index contributed by atoms with van der Waals surface area (Å²) < 4.78 is 88.8. The van der Waals surface area contributed by atoms with E-state index in [1.807, 2.05) is 60.7 Å². The highest BCUT2D eigenvalue weighted by atomic mass is 32.2. The average molecular weight is 687 g/mol. The van der Waals surface area contributed by atoms with Gasteiger partial charge in [-0.1, -0.05) is 90.8 Å². The molecule has 0 radical (unpaired) electrons. The van der Waals surface area contributed by atoms with Crippen LogP contribution in [0.3, 0.4) is 0 Å². The van der Waals surface area contributed by atoms with E-state index in [2.05, 4.69) is 6.92 Å². The summed E-state index contributed by atoms with van der Waals surface area (Å²) in [6, 6.07) is 19.9. The highest BCUT2D eigenvalue weighted by Crippen LogP contribution is 2.42. The van der Waals surface area contributed by atoms with E-state index in [0.717, 1.165) is 35.7 Å². The Hall–Kier alpha value is -1.72. The monoisotopic (exact) mass is 686 g/mol. The molecule has 1 unspecified atom stereocenters. The van der Waals surface area contributed by atoms with Crippen LogP contribution < -0.4 is 10.4 Å². The molecule has 0 amide bonds. The smallest absolute Gasteiger partial charge is 0.264 e. The molecule has 2 aliphatic heterocycles. The van der Waals surface area contributed by atoms with Gasteiger partial charge in [-0.3, -0.25) is 8.37 Å². The lowest BCUT2D eigenvalue weighted by molar-refractivity contribution is -0.175. The summed E-state index contributed by atoms with van der Waals surface area (Å²) in [6.07, 6.45) is -2.39. The van der Waals surface area contributed by atoms with E-state index in [-0.39, 0.29) is 0 Å². The maximum absolute atomic E-state index is 13.2. The van der Waals surface area contributed by atoms with E-state index in [1.165, 1.54) is 0 Å². The molecule has 6 atom stereocenters. The molecule has 1 N–H and O–H groups in total. The molecule has 2 fully saturated rings. The minimum Gasteiger partial charge on any atom is -0.394 e. The third-order valence-electron chi connectivity index (χ3n) is 8.06. The Morgan fingerprint density at radius 3 is 1.69 bits per heavy atom. The summed E-state index contributed by atoms with van der Waals surface area (Å²) >= 11 is 0. The van der Waals surface area contributed by atoms with Crippen LogP contribution in [0.25, 0.3) is 0 Å². The molecule has 0 saturated carbocycles. The fraction of sp³-hybridized carbons (Fsp3) is 0.613. The van der Waals surface area contributed by atoms with Gasteiger partial charge in [0.25, 0.3) is 20.2 Å². The molecule has 2 saturated heterocycles. The Bertz CT molecular complexity index is 1440. The van der Waals surface area contributed by atoms with Crippen molar-refractivity contribution in [2.75, 3.05) is 19.1 Å². The van der Waals surface area contributed by atoms with Gasteiger partial charge in [0.1, 0.15) is 36.2 Å². The van der Waals surface area contributed by atoms with Gasteiger partial charge < -0.3 is 24.1 Å². The van der Waals surface area contributed by atoms with E-state index in [9.17, 15) is 21.9 Å². The number of aliphatic hydroxyl groups excluding tert-OH is 1. The molecule has 2 heterocycles. The van der Waals surface area contributed by atoms with E-state index in [1.54, 1.807) is 27.7 Å². The van der Waals surface area contributed by atoms with Crippen molar-refractivity contribution in [2.45, 2.75) is 101 Å². The number of aliphatic hydroxyl groups is 1. The van der Waals surface area contributed by atoms with Crippen molar-refractivity contribution in [2.24, 2.45) is 0 Å². The zero-order chi connectivity index (χ0) is 33.3. The van der Waals surface area contributed by atoms with Crippen LogP contribution in [0.2, 0.25) is 6.04 Å². The lowest BCUT2D eigenvalue weighted by atomic mass is 9.99. The molecule has 0 aromatic heterocycles. The number of unbranched alkanes of at least 4 members (excludes halogenated alkanes) is 1. The second kappa shape index (κ2) is 13.8. The Labute approximate surface area is 268 Å². The van der Waals surface area contributed by atoms with Crippen LogP contribution in [-0.4, -0.2) is 97.0 Å². The lowest BCUT2D eigenvalue weighted by Gasteiger charge is -2.43. The van der Waals surface area contributed by atoms with Crippen LogP contribution in [0.1, 0.15) is 47.5 Å². The van der Waals surface area contributed by atoms with Gasteiger partial charge in [-0.15, -0.1) is 0 Å². The summed E-state index contributed by atoms with van der Waals surface area (Å²) in [5.74, 6) is -2.49. The minimum atomic E-state index is -4.14. The van der Waals surface area contributed by atoms with Crippen molar-refractivity contribution in [1.29, 1.82) is 0 Å².